The van der Waals surface area contributed by atoms with Crippen LogP contribution in [0.1, 0.15) is 42.3 Å². The molecular formula is C24H34N4O3. The van der Waals surface area contributed by atoms with Crippen LogP contribution in [0.25, 0.3) is 0 Å². The van der Waals surface area contributed by atoms with E-state index in [1.807, 2.05) is 31.2 Å². The molecule has 1 aromatic heterocycles. The van der Waals surface area contributed by atoms with E-state index in [0.29, 0.717) is 12.5 Å². The first kappa shape index (κ1) is 21.8. The number of likely N-dealkylation sites (tertiary alicyclic amines) is 1. The van der Waals surface area contributed by atoms with E-state index < -0.39 is 0 Å². The molecule has 1 amide bonds. The number of amides is 1. The number of piperidine rings is 1. The second-order valence-electron chi connectivity index (χ2n) is 8.62. The summed E-state index contributed by atoms with van der Waals surface area (Å²) in [4.78, 5) is 14.6. The molecule has 0 saturated carbocycles. The van der Waals surface area contributed by atoms with Crippen molar-refractivity contribution in [3.63, 3.8) is 0 Å². The maximum atomic E-state index is 12.1. The monoisotopic (exact) mass is 426 g/mol. The SMILES string of the molecule is CCn1nc(CN2CCC(CNC(=O)COc3cccc(C)c3)CC2)c2c1CCOC2. The molecule has 7 heteroatoms. The average Bonchev–Trinajstić information content (AvgIpc) is 3.15. The Hall–Kier alpha value is -2.38. The quantitative estimate of drug-likeness (QED) is 0.703. The zero-order valence-corrected chi connectivity index (χ0v) is 18.7. The second-order valence-corrected chi connectivity index (χ2v) is 8.62. The van der Waals surface area contributed by atoms with E-state index in [1.54, 1.807) is 0 Å². The van der Waals surface area contributed by atoms with E-state index in [4.69, 9.17) is 14.6 Å². The van der Waals surface area contributed by atoms with Crippen LogP contribution in [0.4, 0.5) is 0 Å². The Kier molecular flexibility index (Phi) is 7.25. The number of nitrogens with one attached hydrogen (secondary N) is 1. The van der Waals surface area contributed by atoms with Crippen molar-refractivity contribution in [2.45, 2.75) is 52.8 Å². The van der Waals surface area contributed by atoms with Crippen LogP contribution in [0.5, 0.6) is 5.75 Å². The number of rotatable bonds is 8. The third-order valence-electron chi connectivity index (χ3n) is 6.31. The summed E-state index contributed by atoms with van der Waals surface area (Å²) in [5, 5.41) is 7.90. The molecule has 0 aliphatic carbocycles. The lowest BCUT2D eigenvalue weighted by atomic mass is 9.96. The Labute approximate surface area is 184 Å². The molecule has 2 aliphatic rings. The molecule has 31 heavy (non-hydrogen) atoms. The summed E-state index contributed by atoms with van der Waals surface area (Å²) in [6.45, 7) is 10.3. The summed E-state index contributed by atoms with van der Waals surface area (Å²) in [6.07, 6.45) is 3.14. The fraction of sp³-hybridized carbons (Fsp3) is 0.583. The number of hydrogen-bond acceptors (Lipinski definition) is 5. The number of nitrogens with zero attached hydrogens (tertiary/aromatic N) is 3. The van der Waals surface area contributed by atoms with Gasteiger partial charge in [-0.05, 0) is 63.4 Å². The first-order valence-corrected chi connectivity index (χ1v) is 11.5. The lowest BCUT2D eigenvalue weighted by molar-refractivity contribution is -0.123. The molecule has 0 unspecified atom stereocenters. The van der Waals surface area contributed by atoms with Crippen LogP contribution < -0.4 is 10.1 Å². The first-order valence-electron chi connectivity index (χ1n) is 11.5. The van der Waals surface area contributed by atoms with Gasteiger partial charge in [0.25, 0.3) is 5.91 Å². The number of fused-ring (bicyclic) bond motifs is 1. The highest BCUT2D eigenvalue weighted by Gasteiger charge is 2.25. The van der Waals surface area contributed by atoms with Crippen molar-refractivity contribution in [3.05, 3.63) is 46.8 Å². The van der Waals surface area contributed by atoms with Crippen molar-refractivity contribution in [1.29, 1.82) is 0 Å². The third-order valence-corrected chi connectivity index (χ3v) is 6.31. The Morgan fingerprint density at radius 3 is 2.94 bits per heavy atom. The smallest absolute Gasteiger partial charge is 0.257 e. The van der Waals surface area contributed by atoms with Gasteiger partial charge in [-0.1, -0.05) is 12.1 Å². The summed E-state index contributed by atoms with van der Waals surface area (Å²) < 4.78 is 13.4. The van der Waals surface area contributed by atoms with E-state index >= 15 is 0 Å². The van der Waals surface area contributed by atoms with Gasteiger partial charge in [0.05, 0.1) is 18.9 Å². The van der Waals surface area contributed by atoms with E-state index in [1.165, 1.54) is 17.0 Å². The minimum atomic E-state index is -0.0549. The zero-order chi connectivity index (χ0) is 21.6. The molecule has 1 fully saturated rings. The van der Waals surface area contributed by atoms with Crippen LogP contribution in [0.2, 0.25) is 0 Å². The molecular weight excluding hydrogens is 392 g/mol. The fourth-order valence-electron chi connectivity index (χ4n) is 4.49. The summed E-state index contributed by atoms with van der Waals surface area (Å²) in [5.74, 6) is 1.20. The highest BCUT2D eigenvalue weighted by Crippen LogP contribution is 2.24. The van der Waals surface area contributed by atoms with Crippen LogP contribution in [0.3, 0.4) is 0 Å². The van der Waals surface area contributed by atoms with Gasteiger partial charge in [0, 0.05) is 37.3 Å². The number of benzene rings is 1. The molecule has 0 radical (unpaired) electrons. The Morgan fingerprint density at radius 2 is 2.16 bits per heavy atom. The van der Waals surface area contributed by atoms with Crippen molar-refractivity contribution in [2.75, 3.05) is 32.8 Å². The molecule has 0 bridgehead atoms. The van der Waals surface area contributed by atoms with Gasteiger partial charge in [-0.2, -0.15) is 5.10 Å². The van der Waals surface area contributed by atoms with Gasteiger partial charge in [0.15, 0.2) is 6.61 Å². The minimum absolute atomic E-state index is 0.0549. The molecule has 7 nitrogen and oxygen atoms in total. The summed E-state index contributed by atoms with van der Waals surface area (Å²) in [7, 11) is 0. The van der Waals surface area contributed by atoms with Gasteiger partial charge < -0.3 is 14.8 Å². The lowest BCUT2D eigenvalue weighted by Crippen LogP contribution is -2.39. The van der Waals surface area contributed by atoms with Crippen molar-refractivity contribution in [1.82, 2.24) is 20.0 Å². The molecule has 2 aliphatic heterocycles. The van der Waals surface area contributed by atoms with E-state index in [9.17, 15) is 4.79 Å². The van der Waals surface area contributed by atoms with Crippen molar-refractivity contribution < 1.29 is 14.3 Å². The number of aryl methyl sites for hydroxylation is 2. The molecule has 168 valence electrons. The van der Waals surface area contributed by atoms with Crippen LogP contribution in [-0.2, 0) is 35.6 Å². The normalized spacial score (nSPS) is 17.4. The fourth-order valence-corrected chi connectivity index (χ4v) is 4.49. The van der Waals surface area contributed by atoms with Crippen molar-refractivity contribution in [3.8, 4) is 5.75 Å². The molecule has 0 atom stereocenters. The van der Waals surface area contributed by atoms with Gasteiger partial charge in [0.2, 0.25) is 0 Å². The largest absolute Gasteiger partial charge is 0.484 e. The zero-order valence-electron chi connectivity index (χ0n) is 18.7. The van der Waals surface area contributed by atoms with Gasteiger partial charge in [-0.25, -0.2) is 0 Å². The Bertz CT molecular complexity index is 887. The van der Waals surface area contributed by atoms with Crippen LogP contribution in [0, 0.1) is 12.8 Å². The maximum Gasteiger partial charge on any atom is 0.257 e. The Balaban J connectivity index is 1.19. The first-order chi connectivity index (χ1) is 15.1. The molecule has 1 saturated heterocycles. The number of hydrogen-bond donors (Lipinski definition) is 1. The van der Waals surface area contributed by atoms with Gasteiger partial charge in [-0.3, -0.25) is 14.4 Å². The minimum Gasteiger partial charge on any atom is -0.484 e. The van der Waals surface area contributed by atoms with Gasteiger partial charge in [0.1, 0.15) is 5.75 Å². The average molecular weight is 427 g/mol. The summed E-state index contributed by atoms with van der Waals surface area (Å²) in [6, 6.07) is 7.77. The highest BCUT2D eigenvalue weighted by atomic mass is 16.5. The number of aromatic nitrogens is 2. The van der Waals surface area contributed by atoms with Gasteiger partial charge >= 0.3 is 0 Å². The molecule has 1 N–H and O–H groups in total. The van der Waals surface area contributed by atoms with Crippen molar-refractivity contribution >= 4 is 5.91 Å². The molecule has 0 spiro atoms. The van der Waals surface area contributed by atoms with Crippen LogP contribution in [0.15, 0.2) is 24.3 Å². The van der Waals surface area contributed by atoms with E-state index in [2.05, 4.69) is 21.8 Å². The predicted molar refractivity (Wildman–Crippen MR) is 119 cm³/mol. The maximum absolute atomic E-state index is 12.1. The van der Waals surface area contributed by atoms with Crippen molar-refractivity contribution in [2.24, 2.45) is 5.92 Å². The van der Waals surface area contributed by atoms with Crippen LogP contribution in [-0.4, -0.2) is 53.4 Å². The molecule has 3 heterocycles. The summed E-state index contributed by atoms with van der Waals surface area (Å²) in [5.41, 5.74) is 4.96. The lowest BCUT2D eigenvalue weighted by Gasteiger charge is -2.31. The van der Waals surface area contributed by atoms with E-state index in [0.717, 1.165) is 69.9 Å². The number of carbonyl (C=O) groups is 1. The topological polar surface area (TPSA) is 68.6 Å². The number of carbonyl (C=O) groups excluding carboxylic acids is 1. The molecule has 4 rings (SSSR count). The third kappa shape index (κ3) is 5.66. The highest BCUT2D eigenvalue weighted by molar-refractivity contribution is 5.77. The Morgan fingerprint density at radius 1 is 1.32 bits per heavy atom. The standard InChI is InChI=1S/C24H34N4O3/c1-3-28-23-9-12-30-16-21(23)22(26-28)15-27-10-7-19(8-11-27)14-25-24(29)17-31-20-6-4-5-18(2)13-20/h4-6,13,19H,3,7-12,14-17H2,1-2H3,(H,25,29). The van der Waals surface area contributed by atoms with E-state index in [-0.39, 0.29) is 12.5 Å². The second kappa shape index (κ2) is 10.3. The molecule has 2 aromatic rings. The van der Waals surface area contributed by atoms with Crippen LogP contribution >= 0.6 is 0 Å². The predicted octanol–water partition coefficient (Wildman–Crippen LogP) is 2.69. The number of ether oxygens (including phenoxy) is 2. The molecule has 1 aromatic carbocycles. The van der Waals surface area contributed by atoms with Gasteiger partial charge in [-0.15, -0.1) is 0 Å². The summed E-state index contributed by atoms with van der Waals surface area (Å²) >= 11 is 0.